The van der Waals surface area contributed by atoms with Crippen molar-refractivity contribution < 1.29 is 12.8 Å². The van der Waals surface area contributed by atoms with Crippen LogP contribution in [0.25, 0.3) is 0 Å². The van der Waals surface area contributed by atoms with E-state index in [9.17, 15) is 12.8 Å². The highest BCUT2D eigenvalue weighted by molar-refractivity contribution is 7.89. The largest absolute Gasteiger partial charge is 0.325 e. The van der Waals surface area contributed by atoms with Crippen LogP contribution in [-0.4, -0.2) is 25.2 Å². The summed E-state index contributed by atoms with van der Waals surface area (Å²) in [7, 11) is -3.69. The molecule has 0 aliphatic carbocycles. The molecule has 0 spiro atoms. The molecular formula is C13H17FN4O2S. The van der Waals surface area contributed by atoms with Crippen molar-refractivity contribution in [3.8, 4) is 0 Å². The normalized spacial score (nSPS) is 11.8. The molecule has 4 N–H and O–H groups in total. The highest BCUT2D eigenvalue weighted by Gasteiger charge is 2.23. The number of hydrogen-bond donors (Lipinski definition) is 3. The maximum absolute atomic E-state index is 13.0. The Hall–Kier alpha value is -1.77. The van der Waals surface area contributed by atoms with Crippen LogP contribution in [0.1, 0.15) is 17.0 Å². The van der Waals surface area contributed by atoms with Crippen molar-refractivity contribution in [3.05, 3.63) is 47.0 Å². The van der Waals surface area contributed by atoms with Crippen LogP contribution in [0, 0.1) is 12.7 Å². The second kappa shape index (κ2) is 6.33. The van der Waals surface area contributed by atoms with Crippen LogP contribution in [0.15, 0.2) is 29.2 Å². The second-order valence-corrected chi connectivity index (χ2v) is 6.31. The summed E-state index contributed by atoms with van der Waals surface area (Å²) in [5, 5.41) is 6.47. The van der Waals surface area contributed by atoms with E-state index in [2.05, 4.69) is 14.9 Å². The van der Waals surface area contributed by atoms with E-state index in [1.807, 2.05) is 0 Å². The first-order valence-corrected chi connectivity index (χ1v) is 7.90. The minimum Gasteiger partial charge on any atom is -0.325 e. The quantitative estimate of drug-likeness (QED) is 0.735. The Labute approximate surface area is 122 Å². The number of aryl methyl sites for hydroxylation is 1. The van der Waals surface area contributed by atoms with E-state index in [0.29, 0.717) is 17.8 Å². The molecule has 0 saturated carbocycles. The first-order valence-electron chi connectivity index (χ1n) is 6.42. The molecule has 0 unspecified atom stereocenters. The zero-order valence-electron chi connectivity index (χ0n) is 11.6. The summed E-state index contributed by atoms with van der Waals surface area (Å²) in [6, 6.07) is 6.05. The number of nitrogens with zero attached hydrogens (tertiary/aromatic N) is 1. The van der Waals surface area contributed by atoms with Gasteiger partial charge in [-0.3, -0.25) is 5.10 Å². The molecule has 0 amide bonds. The van der Waals surface area contributed by atoms with Gasteiger partial charge in [-0.2, -0.15) is 5.10 Å². The fourth-order valence-electron chi connectivity index (χ4n) is 2.06. The predicted molar refractivity (Wildman–Crippen MR) is 76.5 cm³/mol. The first-order chi connectivity index (χ1) is 9.94. The SMILES string of the molecule is Cc1[nH]nc(CN)c1S(=O)(=O)NCCc1cccc(F)c1. The number of H-pyrrole nitrogens is 1. The maximum atomic E-state index is 13.0. The second-order valence-electron chi connectivity index (χ2n) is 4.61. The molecule has 0 saturated heterocycles. The van der Waals surface area contributed by atoms with Crippen molar-refractivity contribution in [3.63, 3.8) is 0 Å². The molecule has 2 rings (SSSR count). The number of aromatic nitrogens is 2. The van der Waals surface area contributed by atoms with Gasteiger partial charge in [-0.1, -0.05) is 12.1 Å². The van der Waals surface area contributed by atoms with Crippen LogP contribution < -0.4 is 10.5 Å². The number of benzene rings is 1. The fourth-order valence-corrected chi connectivity index (χ4v) is 3.46. The van der Waals surface area contributed by atoms with Gasteiger partial charge in [0.1, 0.15) is 10.7 Å². The standard InChI is InChI=1S/C13H17FN4O2S/c1-9-13(12(8-15)18-17-9)21(19,20)16-6-5-10-3-2-4-11(14)7-10/h2-4,7,16H,5-6,8,15H2,1H3,(H,17,18). The van der Waals surface area contributed by atoms with Crippen LogP contribution in [0.5, 0.6) is 0 Å². The van der Waals surface area contributed by atoms with Crippen LogP contribution in [0.3, 0.4) is 0 Å². The third-order valence-corrected chi connectivity index (χ3v) is 4.68. The van der Waals surface area contributed by atoms with Crippen LogP contribution in [0.2, 0.25) is 0 Å². The molecule has 6 nitrogen and oxygen atoms in total. The van der Waals surface area contributed by atoms with Crippen molar-refractivity contribution in [2.75, 3.05) is 6.54 Å². The lowest BCUT2D eigenvalue weighted by molar-refractivity contribution is 0.579. The van der Waals surface area contributed by atoms with Crippen molar-refractivity contribution in [2.45, 2.75) is 24.8 Å². The highest BCUT2D eigenvalue weighted by Crippen LogP contribution is 2.16. The monoisotopic (exact) mass is 312 g/mol. The number of halogens is 1. The third-order valence-electron chi connectivity index (χ3n) is 3.02. The average molecular weight is 312 g/mol. The van der Waals surface area contributed by atoms with Crippen LogP contribution in [0.4, 0.5) is 4.39 Å². The van der Waals surface area contributed by atoms with Crippen molar-refractivity contribution in [1.29, 1.82) is 0 Å². The maximum Gasteiger partial charge on any atom is 0.244 e. The molecule has 114 valence electrons. The van der Waals surface area contributed by atoms with E-state index < -0.39 is 10.0 Å². The molecule has 0 bridgehead atoms. The fraction of sp³-hybridized carbons (Fsp3) is 0.308. The summed E-state index contributed by atoms with van der Waals surface area (Å²) < 4.78 is 40.0. The predicted octanol–water partition coefficient (Wildman–Crippen LogP) is 0.837. The molecule has 1 heterocycles. The number of nitrogens with two attached hydrogens (primary N) is 1. The Balaban J connectivity index is 2.06. The smallest absolute Gasteiger partial charge is 0.244 e. The van der Waals surface area contributed by atoms with E-state index in [1.54, 1.807) is 19.1 Å². The minimum atomic E-state index is -3.69. The van der Waals surface area contributed by atoms with Crippen LogP contribution in [-0.2, 0) is 23.0 Å². The Morgan fingerprint density at radius 3 is 2.86 bits per heavy atom. The molecule has 1 aromatic heterocycles. The van der Waals surface area contributed by atoms with Crippen LogP contribution >= 0.6 is 0 Å². The third kappa shape index (κ3) is 3.66. The number of aromatic amines is 1. The number of rotatable bonds is 6. The summed E-state index contributed by atoms with van der Waals surface area (Å²) in [4.78, 5) is 0.0873. The molecule has 21 heavy (non-hydrogen) atoms. The molecule has 0 fully saturated rings. The zero-order valence-corrected chi connectivity index (χ0v) is 12.4. The van der Waals surface area contributed by atoms with Gasteiger partial charge in [-0.05, 0) is 31.0 Å². The van der Waals surface area contributed by atoms with E-state index in [0.717, 1.165) is 5.56 Å². The lowest BCUT2D eigenvalue weighted by Gasteiger charge is -2.07. The summed E-state index contributed by atoms with van der Waals surface area (Å²) in [5.41, 5.74) is 6.94. The van der Waals surface area contributed by atoms with Gasteiger partial charge in [0.25, 0.3) is 0 Å². The van der Waals surface area contributed by atoms with E-state index in [1.165, 1.54) is 12.1 Å². The van der Waals surface area contributed by atoms with Gasteiger partial charge < -0.3 is 5.73 Å². The minimum absolute atomic E-state index is 0.0322. The molecule has 1 aromatic carbocycles. The molecule has 0 radical (unpaired) electrons. The van der Waals surface area contributed by atoms with E-state index >= 15 is 0 Å². The Bertz CT molecular complexity index is 728. The molecule has 0 aliphatic heterocycles. The molecule has 2 aromatic rings. The number of hydrogen-bond acceptors (Lipinski definition) is 4. The zero-order chi connectivity index (χ0) is 15.5. The Morgan fingerprint density at radius 1 is 1.43 bits per heavy atom. The molecule has 8 heteroatoms. The molecule has 0 aliphatic rings. The Kier molecular flexibility index (Phi) is 4.71. The van der Waals surface area contributed by atoms with Crippen molar-refractivity contribution in [2.24, 2.45) is 5.73 Å². The first kappa shape index (κ1) is 15.6. The highest BCUT2D eigenvalue weighted by atomic mass is 32.2. The van der Waals surface area contributed by atoms with E-state index in [4.69, 9.17) is 5.73 Å². The lowest BCUT2D eigenvalue weighted by atomic mass is 10.1. The Morgan fingerprint density at radius 2 is 2.19 bits per heavy atom. The van der Waals surface area contributed by atoms with Gasteiger partial charge in [0.05, 0.1) is 11.4 Å². The van der Waals surface area contributed by atoms with Gasteiger partial charge in [0.15, 0.2) is 0 Å². The molecule has 0 atom stereocenters. The van der Waals surface area contributed by atoms with Gasteiger partial charge >= 0.3 is 0 Å². The van der Waals surface area contributed by atoms with Crippen molar-refractivity contribution in [1.82, 2.24) is 14.9 Å². The summed E-state index contributed by atoms with van der Waals surface area (Å²) in [6.07, 6.45) is 0.395. The van der Waals surface area contributed by atoms with E-state index in [-0.39, 0.29) is 23.8 Å². The average Bonchev–Trinajstić information content (AvgIpc) is 2.80. The van der Waals surface area contributed by atoms with Crippen molar-refractivity contribution >= 4 is 10.0 Å². The summed E-state index contributed by atoms with van der Waals surface area (Å²) in [5.74, 6) is -0.341. The topological polar surface area (TPSA) is 101 Å². The lowest BCUT2D eigenvalue weighted by Crippen LogP contribution is -2.27. The van der Waals surface area contributed by atoms with Gasteiger partial charge in [0, 0.05) is 13.1 Å². The molecular weight excluding hydrogens is 295 g/mol. The van der Waals surface area contributed by atoms with Gasteiger partial charge in [-0.15, -0.1) is 0 Å². The number of sulfonamides is 1. The number of nitrogens with one attached hydrogen (secondary N) is 2. The summed E-state index contributed by atoms with van der Waals surface area (Å²) in [6.45, 7) is 1.82. The van der Waals surface area contributed by atoms with Gasteiger partial charge in [0.2, 0.25) is 10.0 Å². The van der Waals surface area contributed by atoms with Gasteiger partial charge in [-0.25, -0.2) is 17.5 Å². The summed E-state index contributed by atoms with van der Waals surface area (Å²) >= 11 is 0.